The van der Waals surface area contributed by atoms with Gasteiger partial charge in [0.05, 0.1) is 12.2 Å². The van der Waals surface area contributed by atoms with E-state index in [1.54, 1.807) is 19.2 Å². The third-order valence-corrected chi connectivity index (χ3v) is 3.90. The molecule has 2 aromatic rings. The van der Waals surface area contributed by atoms with Crippen LogP contribution in [0.2, 0.25) is 0 Å². The molecule has 0 radical (unpaired) electrons. The van der Waals surface area contributed by atoms with E-state index in [4.69, 9.17) is 6.42 Å². The molecule has 0 bridgehead atoms. The zero-order valence-corrected chi connectivity index (χ0v) is 18.8. The van der Waals surface area contributed by atoms with Gasteiger partial charge < -0.3 is 16.0 Å². The van der Waals surface area contributed by atoms with Crippen molar-refractivity contribution in [3.05, 3.63) is 47.3 Å². The summed E-state index contributed by atoms with van der Waals surface area (Å²) in [5.41, 5.74) is 3.57. The van der Waals surface area contributed by atoms with Crippen LogP contribution in [0.25, 0.3) is 0 Å². The molecule has 0 unspecified atom stereocenters. The fourth-order valence-electron chi connectivity index (χ4n) is 2.61. The van der Waals surface area contributed by atoms with Crippen LogP contribution in [0.1, 0.15) is 23.4 Å². The fraction of sp³-hybridized carbons (Fsp3) is 0.350. The highest BCUT2D eigenvalue weighted by Gasteiger charge is 2.05. The van der Waals surface area contributed by atoms with Crippen LogP contribution in [0.4, 0.5) is 5.69 Å². The first-order chi connectivity index (χ1) is 13.0. The van der Waals surface area contributed by atoms with E-state index in [0.717, 1.165) is 36.5 Å². The second-order valence-electron chi connectivity index (χ2n) is 6.13. The summed E-state index contributed by atoms with van der Waals surface area (Å²) < 4.78 is 1.99. The monoisotopic (exact) mass is 494 g/mol. The van der Waals surface area contributed by atoms with E-state index < -0.39 is 0 Å². The Kier molecular flexibility index (Phi) is 10.1. The van der Waals surface area contributed by atoms with Crippen LogP contribution in [-0.4, -0.2) is 41.8 Å². The molecule has 0 spiro atoms. The number of anilines is 1. The molecule has 0 aliphatic heterocycles. The molecule has 3 N–H and O–H groups in total. The van der Waals surface area contributed by atoms with Crippen molar-refractivity contribution in [2.45, 2.75) is 26.8 Å². The smallest absolute Gasteiger partial charge is 0.243 e. The normalized spacial score (nSPS) is 10.6. The molecular formula is C20H27IN6O. The number of carbonyl (C=O) groups excluding carboxylic acids is 1. The average Bonchev–Trinajstić information content (AvgIpc) is 2.98. The van der Waals surface area contributed by atoms with Crippen LogP contribution in [0.3, 0.4) is 0 Å². The van der Waals surface area contributed by atoms with Crippen molar-refractivity contribution in [2.75, 3.05) is 25.5 Å². The molecule has 2 rings (SSSR count). The predicted molar refractivity (Wildman–Crippen MR) is 124 cm³/mol. The van der Waals surface area contributed by atoms with Crippen molar-refractivity contribution in [3.63, 3.8) is 0 Å². The molecule has 28 heavy (non-hydrogen) atoms. The Balaban J connectivity index is 0.00000392. The number of hydrogen-bond donors (Lipinski definition) is 3. The number of guanidine groups is 1. The SMILES string of the molecule is C#Cc1cccc(NC(=O)CNC(=NC)NCCCn2nc(C)cc2C)c1.I. The summed E-state index contributed by atoms with van der Waals surface area (Å²) in [5.74, 6) is 2.95. The number of terminal acetylenes is 1. The Labute approximate surface area is 183 Å². The molecule has 1 amide bonds. The minimum Gasteiger partial charge on any atom is -0.356 e. The minimum atomic E-state index is -0.172. The molecular weight excluding hydrogens is 467 g/mol. The van der Waals surface area contributed by atoms with Crippen molar-refractivity contribution in [1.29, 1.82) is 0 Å². The molecule has 150 valence electrons. The van der Waals surface area contributed by atoms with Gasteiger partial charge in [-0.2, -0.15) is 5.10 Å². The summed E-state index contributed by atoms with van der Waals surface area (Å²) in [6.07, 6.45) is 6.26. The third-order valence-electron chi connectivity index (χ3n) is 3.90. The highest BCUT2D eigenvalue weighted by atomic mass is 127. The Morgan fingerprint density at radius 3 is 2.71 bits per heavy atom. The van der Waals surface area contributed by atoms with Gasteiger partial charge >= 0.3 is 0 Å². The molecule has 0 saturated carbocycles. The molecule has 8 heteroatoms. The Morgan fingerprint density at radius 2 is 2.07 bits per heavy atom. The lowest BCUT2D eigenvalue weighted by Crippen LogP contribution is -2.41. The lowest BCUT2D eigenvalue weighted by Gasteiger charge is -2.12. The van der Waals surface area contributed by atoms with Gasteiger partial charge in [-0.15, -0.1) is 30.4 Å². The van der Waals surface area contributed by atoms with Crippen LogP contribution in [0, 0.1) is 26.2 Å². The first-order valence-electron chi connectivity index (χ1n) is 8.84. The summed E-state index contributed by atoms with van der Waals surface area (Å²) in [7, 11) is 1.67. The van der Waals surface area contributed by atoms with Crippen molar-refractivity contribution in [3.8, 4) is 12.3 Å². The average molecular weight is 494 g/mol. The quantitative estimate of drug-likeness (QED) is 0.181. The number of aliphatic imine (C=N–C) groups is 1. The van der Waals surface area contributed by atoms with Crippen LogP contribution in [-0.2, 0) is 11.3 Å². The molecule has 0 fully saturated rings. The van der Waals surface area contributed by atoms with Crippen molar-refractivity contribution in [2.24, 2.45) is 4.99 Å². The molecule has 1 heterocycles. The summed E-state index contributed by atoms with van der Waals surface area (Å²) in [5, 5.41) is 13.4. The number of rotatable bonds is 7. The van der Waals surface area contributed by atoms with E-state index in [1.807, 2.05) is 30.7 Å². The molecule has 0 aliphatic carbocycles. The number of benzene rings is 1. The lowest BCUT2D eigenvalue weighted by atomic mass is 10.2. The minimum absolute atomic E-state index is 0. The van der Waals surface area contributed by atoms with Gasteiger partial charge in [0.15, 0.2) is 5.96 Å². The molecule has 1 aromatic heterocycles. The van der Waals surface area contributed by atoms with E-state index in [2.05, 4.69) is 38.0 Å². The van der Waals surface area contributed by atoms with Crippen LogP contribution >= 0.6 is 24.0 Å². The van der Waals surface area contributed by atoms with E-state index >= 15 is 0 Å². The molecule has 0 atom stereocenters. The first-order valence-corrected chi connectivity index (χ1v) is 8.84. The number of aromatic nitrogens is 2. The van der Waals surface area contributed by atoms with Crippen molar-refractivity contribution in [1.82, 2.24) is 20.4 Å². The largest absolute Gasteiger partial charge is 0.356 e. The molecule has 7 nitrogen and oxygen atoms in total. The second kappa shape index (κ2) is 12.0. The maximum atomic E-state index is 12.1. The number of hydrogen-bond acceptors (Lipinski definition) is 3. The Bertz CT molecular complexity index is 853. The topological polar surface area (TPSA) is 83.3 Å². The van der Waals surface area contributed by atoms with Gasteiger partial charge in [-0.25, -0.2) is 0 Å². The summed E-state index contributed by atoms with van der Waals surface area (Å²) >= 11 is 0. The Morgan fingerprint density at radius 1 is 1.29 bits per heavy atom. The summed E-state index contributed by atoms with van der Waals surface area (Å²) in [4.78, 5) is 16.2. The number of aryl methyl sites for hydroxylation is 3. The van der Waals surface area contributed by atoms with Gasteiger partial charge in [-0.1, -0.05) is 12.0 Å². The van der Waals surface area contributed by atoms with E-state index in [9.17, 15) is 4.79 Å². The summed E-state index contributed by atoms with van der Waals surface area (Å²) in [6, 6.07) is 9.23. The van der Waals surface area contributed by atoms with Gasteiger partial charge in [0.2, 0.25) is 5.91 Å². The fourth-order valence-corrected chi connectivity index (χ4v) is 2.61. The Hall–Kier alpha value is -2.54. The van der Waals surface area contributed by atoms with Crippen molar-refractivity contribution < 1.29 is 4.79 Å². The van der Waals surface area contributed by atoms with E-state index in [-0.39, 0.29) is 36.4 Å². The highest BCUT2D eigenvalue weighted by Crippen LogP contribution is 2.09. The van der Waals surface area contributed by atoms with Gasteiger partial charge in [0.1, 0.15) is 0 Å². The zero-order valence-electron chi connectivity index (χ0n) is 16.5. The second-order valence-corrected chi connectivity index (χ2v) is 6.13. The van der Waals surface area contributed by atoms with Gasteiger partial charge in [0.25, 0.3) is 0 Å². The maximum Gasteiger partial charge on any atom is 0.243 e. The zero-order chi connectivity index (χ0) is 19.6. The maximum absolute atomic E-state index is 12.1. The van der Waals surface area contributed by atoms with Gasteiger partial charge in [-0.3, -0.25) is 14.5 Å². The highest BCUT2D eigenvalue weighted by molar-refractivity contribution is 14.0. The molecule has 0 saturated heterocycles. The lowest BCUT2D eigenvalue weighted by molar-refractivity contribution is -0.115. The number of nitrogens with zero attached hydrogens (tertiary/aromatic N) is 3. The van der Waals surface area contributed by atoms with Crippen LogP contribution < -0.4 is 16.0 Å². The predicted octanol–water partition coefficient (Wildman–Crippen LogP) is 2.29. The van der Waals surface area contributed by atoms with Crippen LogP contribution in [0.5, 0.6) is 0 Å². The number of carbonyl (C=O) groups is 1. The standard InChI is InChI=1S/C20H26N6O.HI/c1-5-17-8-6-9-18(13-17)24-19(27)14-23-20(21-4)22-10-7-11-26-16(3)12-15(2)25-26;/h1,6,8-9,12-13H,7,10-11,14H2,2-4H3,(H,24,27)(H2,21,22,23);1H. The first kappa shape index (κ1) is 23.5. The van der Waals surface area contributed by atoms with Gasteiger partial charge in [-0.05, 0) is 44.5 Å². The van der Waals surface area contributed by atoms with Crippen LogP contribution in [0.15, 0.2) is 35.3 Å². The van der Waals surface area contributed by atoms with Gasteiger partial charge in [0, 0.05) is 37.1 Å². The third kappa shape index (κ3) is 7.60. The number of nitrogens with one attached hydrogen (secondary N) is 3. The summed E-state index contributed by atoms with van der Waals surface area (Å²) in [6.45, 7) is 5.70. The van der Waals surface area contributed by atoms with Crippen molar-refractivity contribution >= 4 is 41.5 Å². The molecule has 1 aromatic carbocycles. The van der Waals surface area contributed by atoms with E-state index in [0.29, 0.717) is 11.6 Å². The number of amides is 1. The molecule has 0 aliphatic rings. The van der Waals surface area contributed by atoms with E-state index in [1.165, 1.54) is 0 Å². The number of halogens is 1.